The normalized spacial score (nSPS) is 17.0. The number of amides is 1. The van der Waals surface area contributed by atoms with Crippen molar-refractivity contribution in [2.45, 2.75) is 33.7 Å². The fourth-order valence-corrected chi connectivity index (χ4v) is 3.39. The van der Waals surface area contributed by atoms with Crippen molar-refractivity contribution < 1.29 is 14.7 Å². The molecule has 0 bridgehead atoms. The first-order chi connectivity index (χ1) is 13.2. The molecular formula is C23H22N2O3. The van der Waals surface area contributed by atoms with E-state index in [-0.39, 0.29) is 11.4 Å². The van der Waals surface area contributed by atoms with Crippen LogP contribution in [0.4, 0.5) is 5.69 Å². The third-order valence-electron chi connectivity index (χ3n) is 4.89. The Balaban J connectivity index is 2.22. The molecule has 1 aliphatic rings. The van der Waals surface area contributed by atoms with Gasteiger partial charge in [-0.25, -0.2) is 0 Å². The van der Waals surface area contributed by atoms with Gasteiger partial charge in [0, 0.05) is 11.1 Å². The van der Waals surface area contributed by atoms with Gasteiger partial charge in [0.05, 0.1) is 23.2 Å². The van der Waals surface area contributed by atoms with Gasteiger partial charge in [-0.05, 0) is 42.3 Å². The number of benzene rings is 2. The van der Waals surface area contributed by atoms with Gasteiger partial charge in [-0.15, -0.1) is 0 Å². The summed E-state index contributed by atoms with van der Waals surface area (Å²) in [6, 6.07) is 15.3. The molecule has 142 valence electrons. The summed E-state index contributed by atoms with van der Waals surface area (Å²) in [5, 5.41) is 19.7. The van der Waals surface area contributed by atoms with Gasteiger partial charge in [-0.1, -0.05) is 45.0 Å². The van der Waals surface area contributed by atoms with Crippen LogP contribution in [0.3, 0.4) is 0 Å². The number of hydrogen-bond donors (Lipinski definition) is 1. The second kappa shape index (κ2) is 6.97. The number of aliphatic hydroxyl groups is 1. The molecule has 1 amide bonds. The standard InChI is InChI=1S/C23H22N2O3/c1-14-7-5-6-8-17(14)19-18(21(27)23(2,3)4)20(26)22(28)25(19)16-11-9-15(13-24)10-12-16/h5-12,19,26H,1-4H3. The Hall–Kier alpha value is -3.39. The molecule has 5 heteroatoms. The van der Waals surface area contributed by atoms with Crippen LogP contribution in [0.15, 0.2) is 59.9 Å². The Morgan fingerprint density at radius 3 is 2.25 bits per heavy atom. The topological polar surface area (TPSA) is 81.4 Å². The fraction of sp³-hybridized carbons (Fsp3) is 0.261. The zero-order valence-electron chi connectivity index (χ0n) is 16.4. The molecule has 0 radical (unpaired) electrons. The molecule has 28 heavy (non-hydrogen) atoms. The molecule has 0 aromatic heterocycles. The van der Waals surface area contributed by atoms with Crippen LogP contribution in [0.5, 0.6) is 0 Å². The zero-order chi connectivity index (χ0) is 20.6. The lowest BCUT2D eigenvalue weighted by molar-refractivity contribution is -0.123. The average Bonchev–Trinajstić information content (AvgIpc) is 2.92. The maximum Gasteiger partial charge on any atom is 0.294 e. The molecule has 1 aliphatic heterocycles. The number of rotatable bonds is 3. The highest BCUT2D eigenvalue weighted by Crippen LogP contribution is 2.44. The lowest BCUT2D eigenvalue weighted by Crippen LogP contribution is -2.33. The molecule has 1 unspecified atom stereocenters. The molecule has 0 aliphatic carbocycles. The van der Waals surface area contributed by atoms with Gasteiger partial charge in [0.15, 0.2) is 11.5 Å². The molecule has 0 saturated heterocycles. The number of nitrogens with zero attached hydrogens (tertiary/aromatic N) is 2. The number of carbonyl (C=O) groups excluding carboxylic acids is 2. The van der Waals surface area contributed by atoms with E-state index in [1.807, 2.05) is 37.3 Å². The van der Waals surface area contributed by atoms with Crippen molar-refractivity contribution in [1.82, 2.24) is 0 Å². The Morgan fingerprint density at radius 1 is 1.11 bits per heavy atom. The van der Waals surface area contributed by atoms with Crippen molar-refractivity contribution in [3.63, 3.8) is 0 Å². The maximum atomic E-state index is 13.2. The van der Waals surface area contributed by atoms with E-state index in [0.717, 1.165) is 11.1 Å². The van der Waals surface area contributed by atoms with E-state index >= 15 is 0 Å². The van der Waals surface area contributed by atoms with Crippen molar-refractivity contribution >= 4 is 17.4 Å². The molecular weight excluding hydrogens is 352 g/mol. The number of anilines is 1. The maximum absolute atomic E-state index is 13.2. The van der Waals surface area contributed by atoms with Crippen LogP contribution >= 0.6 is 0 Å². The molecule has 5 nitrogen and oxygen atoms in total. The first kappa shape index (κ1) is 19.4. The SMILES string of the molecule is Cc1ccccc1C1C(C(=O)C(C)(C)C)=C(O)C(=O)N1c1ccc(C#N)cc1. The quantitative estimate of drug-likeness (QED) is 0.864. The van der Waals surface area contributed by atoms with E-state index in [9.17, 15) is 14.7 Å². The van der Waals surface area contributed by atoms with Crippen LogP contribution in [-0.2, 0) is 9.59 Å². The number of aryl methyl sites for hydroxylation is 1. The summed E-state index contributed by atoms with van der Waals surface area (Å²) in [5.74, 6) is -1.41. The minimum Gasteiger partial charge on any atom is -0.503 e. The van der Waals surface area contributed by atoms with E-state index in [0.29, 0.717) is 11.3 Å². The predicted molar refractivity (Wildman–Crippen MR) is 107 cm³/mol. The van der Waals surface area contributed by atoms with E-state index in [4.69, 9.17) is 5.26 Å². The monoisotopic (exact) mass is 374 g/mol. The molecule has 1 atom stereocenters. The molecule has 2 aromatic carbocycles. The summed E-state index contributed by atoms with van der Waals surface area (Å²) < 4.78 is 0. The highest BCUT2D eigenvalue weighted by atomic mass is 16.3. The van der Waals surface area contributed by atoms with Crippen molar-refractivity contribution in [2.75, 3.05) is 4.90 Å². The minimum absolute atomic E-state index is 0.108. The summed E-state index contributed by atoms with van der Waals surface area (Å²) in [4.78, 5) is 27.6. The van der Waals surface area contributed by atoms with E-state index in [1.54, 1.807) is 45.0 Å². The lowest BCUT2D eigenvalue weighted by Gasteiger charge is -2.30. The van der Waals surface area contributed by atoms with Gasteiger partial charge in [0.1, 0.15) is 0 Å². The van der Waals surface area contributed by atoms with E-state index < -0.39 is 23.1 Å². The van der Waals surface area contributed by atoms with Crippen molar-refractivity contribution in [3.05, 3.63) is 76.6 Å². The number of Topliss-reactive ketones (excluding diaryl/α,β-unsaturated/α-hetero) is 1. The highest BCUT2D eigenvalue weighted by Gasteiger charge is 2.46. The highest BCUT2D eigenvalue weighted by molar-refractivity contribution is 6.17. The number of ketones is 1. The van der Waals surface area contributed by atoms with Crippen LogP contribution in [0, 0.1) is 23.7 Å². The second-order valence-electron chi connectivity index (χ2n) is 7.93. The van der Waals surface area contributed by atoms with Crippen molar-refractivity contribution in [1.29, 1.82) is 5.26 Å². The van der Waals surface area contributed by atoms with Gasteiger partial charge in [-0.3, -0.25) is 14.5 Å². The minimum atomic E-state index is -0.759. The first-order valence-electron chi connectivity index (χ1n) is 9.04. The number of hydrogen-bond acceptors (Lipinski definition) is 4. The molecule has 0 spiro atoms. The lowest BCUT2D eigenvalue weighted by atomic mass is 9.81. The van der Waals surface area contributed by atoms with Crippen LogP contribution in [0.25, 0.3) is 0 Å². The molecule has 1 N–H and O–H groups in total. The van der Waals surface area contributed by atoms with Gasteiger partial charge in [0.25, 0.3) is 5.91 Å². The van der Waals surface area contributed by atoms with Crippen LogP contribution in [0.2, 0.25) is 0 Å². The molecule has 0 fully saturated rings. The summed E-state index contributed by atoms with van der Waals surface area (Å²) in [7, 11) is 0. The van der Waals surface area contributed by atoms with Crippen LogP contribution in [0.1, 0.15) is 43.5 Å². The molecule has 2 aromatic rings. The zero-order valence-corrected chi connectivity index (χ0v) is 16.4. The third kappa shape index (κ3) is 3.18. The first-order valence-corrected chi connectivity index (χ1v) is 9.04. The summed E-state index contributed by atoms with van der Waals surface area (Å²) in [6.07, 6.45) is 0. The van der Waals surface area contributed by atoms with E-state index in [1.165, 1.54) is 4.90 Å². The van der Waals surface area contributed by atoms with Crippen LogP contribution in [-0.4, -0.2) is 16.8 Å². The smallest absolute Gasteiger partial charge is 0.294 e. The molecule has 3 rings (SSSR count). The Bertz CT molecular complexity index is 1020. The third-order valence-corrected chi connectivity index (χ3v) is 4.89. The van der Waals surface area contributed by atoms with Gasteiger partial charge in [-0.2, -0.15) is 5.26 Å². The van der Waals surface area contributed by atoms with Crippen LogP contribution < -0.4 is 4.90 Å². The predicted octanol–water partition coefficient (Wildman–Crippen LogP) is 4.38. The van der Waals surface area contributed by atoms with Gasteiger partial charge >= 0.3 is 0 Å². The van der Waals surface area contributed by atoms with E-state index in [2.05, 4.69) is 0 Å². The Kier molecular flexibility index (Phi) is 4.82. The van der Waals surface area contributed by atoms with Crippen molar-refractivity contribution in [2.24, 2.45) is 5.41 Å². The summed E-state index contributed by atoms with van der Waals surface area (Å²) >= 11 is 0. The fourth-order valence-electron chi connectivity index (χ4n) is 3.39. The molecule has 1 heterocycles. The average molecular weight is 374 g/mol. The summed E-state index contributed by atoms with van der Waals surface area (Å²) in [5.41, 5.74) is 2.01. The summed E-state index contributed by atoms with van der Waals surface area (Å²) in [6.45, 7) is 7.20. The number of nitriles is 1. The van der Waals surface area contributed by atoms with Crippen molar-refractivity contribution in [3.8, 4) is 6.07 Å². The largest absolute Gasteiger partial charge is 0.503 e. The Labute approximate surface area is 164 Å². The number of carbonyl (C=O) groups is 2. The molecule has 0 saturated carbocycles. The number of aliphatic hydroxyl groups excluding tert-OH is 1. The van der Waals surface area contributed by atoms with Gasteiger partial charge < -0.3 is 5.11 Å². The Morgan fingerprint density at radius 2 is 1.71 bits per heavy atom. The second-order valence-corrected chi connectivity index (χ2v) is 7.93. The van der Waals surface area contributed by atoms with Gasteiger partial charge in [0.2, 0.25) is 0 Å².